The topological polar surface area (TPSA) is 52.6 Å². The van der Waals surface area contributed by atoms with Crippen molar-refractivity contribution in [2.45, 2.75) is 76.7 Å². The first-order valence-corrected chi connectivity index (χ1v) is 12.3. The van der Waals surface area contributed by atoms with Crippen LogP contribution in [0.25, 0.3) is 0 Å². The Kier molecular flexibility index (Phi) is 5.38. The highest BCUT2D eigenvalue weighted by atomic mass is 16.2. The third kappa shape index (κ3) is 3.84. The number of hydrogen-bond acceptors (Lipinski definition) is 3. The molecule has 6 rings (SSSR count). The van der Waals surface area contributed by atoms with E-state index in [2.05, 4.69) is 22.2 Å². The van der Waals surface area contributed by atoms with Crippen molar-refractivity contribution < 1.29 is 9.59 Å². The lowest BCUT2D eigenvalue weighted by atomic mass is 9.47. The number of hydrogen-bond donors (Lipinski definition) is 1. The number of likely N-dealkylation sites (N-methyl/N-ethyl adjacent to an activating group) is 1. The van der Waals surface area contributed by atoms with Gasteiger partial charge in [-0.25, -0.2) is 0 Å². The molecule has 6 fully saturated rings. The molecule has 1 heterocycles. The Morgan fingerprint density at radius 3 is 1.97 bits per heavy atom. The number of carbonyl (C=O) groups excluding carboxylic acids is 2. The molecular weight excluding hydrogens is 362 g/mol. The zero-order valence-electron chi connectivity index (χ0n) is 18.2. The fourth-order valence-electron chi connectivity index (χ4n) is 7.84. The van der Waals surface area contributed by atoms with Crippen molar-refractivity contribution in [2.24, 2.45) is 29.1 Å². The first-order chi connectivity index (χ1) is 14.0. The number of rotatable bonds is 4. The van der Waals surface area contributed by atoms with Crippen LogP contribution in [-0.4, -0.2) is 60.9 Å². The second kappa shape index (κ2) is 7.86. The second-order valence-corrected chi connectivity index (χ2v) is 11.2. The molecule has 0 unspecified atom stereocenters. The minimum Gasteiger partial charge on any atom is -0.344 e. The Hall–Kier alpha value is -1.10. The van der Waals surface area contributed by atoms with Crippen molar-refractivity contribution in [3.8, 4) is 0 Å². The molecule has 5 nitrogen and oxygen atoms in total. The molecule has 0 aromatic carbocycles. The molecule has 5 aliphatic carbocycles. The van der Waals surface area contributed by atoms with E-state index in [0.29, 0.717) is 0 Å². The molecule has 0 aromatic heterocycles. The predicted molar refractivity (Wildman–Crippen MR) is 113 cm³/mol. The Morgan fingerprint density at radius 1 is 0.862 bits per heavy atom. The summed E-state index contributed by atoms with van der Waals surface area (Å²) in [5.74, 6) is 2.89. The zero-order valence-corrected chi connectivity index (χ0v) is 18.2. The molecule has 2 amide bonds. The number of nitrogens with zero attached hydrogens (tertiary/aromatic N) is 2. The third-order valence-electron chi connectivity index (χ3n) is 9.02. The molecule has 162 valence electrons. The van der Waals surface area contributed by atoms with Crippen LogP contribution in [0, 0.1) is 29.1 Å². The minimum atomic E-state index is -0.284. The van der Waals surface area contributed by atoms with Crippen LogP contribution in [0.5, 0.6) is 0 Å². The summed E-state index contributed by atoms with van der Waals surface area (Å²) in [6.07, 6.45) is 13.2. The standard InChI is InChI=1S/C24H39N3O2/c1-26-7-9-27(10-8-26)23(29)21(25-22(28)20-5-3-2-4-6-20)24-14-17-11-18(15-24)13-19(12-17)16-24/h17-21H,2-16H2,1H3,(H,25,28)/t17?,18?,19?,21-,24?/m0/s1. The lowest BCUT2D eigenvalue weighted by molar-refractivity contribution is -0.151. The van der Waals surface area contributed by atoms with Gasteiger partial charge in [-0.05, 0) is 76.2 Å². The van der Waals surface area contributed by atoms with Crippen LogP contribution in [0.4, 0.5) is 0 Å². The molecule has 29 heavy (non-hydrogen) atoms. The Balaban J connectivity index is 1.38. The fraction of sp³-hybridized carbons (Fsp3) is 0.917. The first-order valence-electron chi connectivity index (χ1n) is 12.3. The lowest BCUT2D eigenvalue weighted by Gasteiger charge is -2.59. The molecule has 0 spiro atoms. The van der Waals surface area contributed by atoms with Gasteiger partial charge in [-0.1, -0.05) is 19.3 Å². The van der Waals surface area contributed by atoms with Crippen LogP contribution in [0.2, 0.25) is 0 Å². The van der Waals surface area contributed by atoms with E-state index in [1.807, 2.05) is 0 Å². The summed E-state index contributed by atoms with van der Waals surface area (Å²) in [7, 11) is 2.13. The maximum Gasteiger partial charge on any atom is 0.245 e. The molecule has 6 aliphatic rings. The van der Waals surface area contributed by atoms with Gasteiger partial charge in [-0.15, -0.1) is 0 Å². The van der Waals surface area contributed by atoms with Crippen LogP contribution in [0.1, 0.15) is 70.6 Å². The van der Waals surface area contributed by atoms with Gasteiger partial charge in [0.1, 0.15) is 6.04 Å². The monoisotopic (exact) mass is 401 g/mol. The van der Waals surface area contributed by atoms with Gasteiger partial charge in [-0.2, -0.15) is 0 Å². The average molecular weight is 402 g/mol. The molecule has 0 radical (unpaired) electrons. The Labute approximate surface area is 175 Å². The lowest BCUT2D eigenvalue weighted by Crippen LogP contribution is -2.64. The van der Waals surface area contributed by atoms with Gasteiger partial charge in [0, 0.05) is 37.5 Å². The van der Waals surface area contributed by atoms with Crippen molar-refractivity contribution in [1.82, 2.24) is 15.1 Å². The van der Waals surface area contributed by atoms with Crippen molar-refractivity contribution in [3.63, 3.8) is 0 Å². The molecule has 1 aliphatic heterocycles. The highest BCUT2D eigenvalue weighted by Crippen LogP contribution is 2.61. The van der Waals surface area contributed by atoms with E-state index >= 15 is 0 Å². The molecular formula is C24H39N3O2. The Morgan fingerprint density at radius 2 is 1.41 bits per heavy atom. The second-order valence-electron chi connectivity index (χ2n) is 11.2. The van der Waals surface area contributed by atoms with Gasteiger partial charge in [0.2, 0.25) is 11.8 Å². The summed E-state index contributed by atoms with van der Waals surface area (Å²) in [5.41, 5.74) is 0.0273. The van der Waals surface area contributed by atoms with Crippen LogP contribution in [-0.2, 0) is 9.59 Å². The number of nitrogens with one attached hydrogen (secondary N) is 1. The summed E-state index contributed by atoms with van der Waals surface area (Å²) in [4.78, 5) is 31.4. The van der Waals surface area contributed by atoms with Gasteiger partial charge < -0.3 is 15.1 Å². The highest BCUT2D eigenvalue weighted by Gasteiger charge is 2.57. The largest absolute Gasteiger partial charge is 0.344 e. The molecule has 5 saturated carbocycles. The Bertz CT molecular complexity index is 599. The minimum absolute atomic E-state index is 0.0273. The summed E-state index contributed by atoms with van der Waals surface area (Å²) in [5, 5.41) is 3.41. The molecule has 4 bridgehead atoms. The SMILES string of the molecule is CN1CCN(C(=O)[C@H](NC(=O)C2CCCCC2)C23CC4CC(CC(C4)C2)C3)CC1. The van der Waals surface area contributed by atoms with Crippen molar-refractivity contribution >= 4 is 11.8 Å². The van der Waals surface area contributed by atoms with E-state index in [4.69, 9.17) is 0 Å². The van der Waals surface area contributed by atoms with Crippen LogP contribution in [0.15, 0.2) is 0 Å². The van der Waals surface area contributed by atoms with Gasteiger partial charge >= 0.3 is 0 Å². The van der Waals surface area contributed by atoms with E-state index in [-0.39, 0.29) is 29.2 Å². The zero-order chi connectivity index (χ0) is 20.0. The van der Waals surface area contributed by atoms with Gasteiger partial charge in [0.15, 0.2) is 0 Å². The van der Waals surface area contributed by atoms with Gasteiger partial charge in [-0.3, -0.25) is 9.59 Å². The van der Waals surface area contributed by atoms with Gasteiger partial charge in [0.05, 0.1) is 0 Å². The third-order valence-corrected chi connectivity index (χ3v) is 9.02. The predicted octanol–water partition coefficient (Wildman–Crippen LogP) is 3.04. The van der Waals surface area contributed by atoms with E-state index in [0.717, 1.165) is 88.9 Å². The fourth-order valence-corrected chi connectivity index (χ4v) is 7.84. The molecule has 1 atom stereocenters. The van der Waals surface area contributed by atoms with Crippen molar-refractivity contribution in [2.75, 3.05) is 33.2 Å². The van der Waals surface area contributed by atoms with Crippen LogP contribution in [0.3, 0.4) is 0 Å². The normalized spacial score (nSPS) is 38.8. The first kappa shape index (κ1) is 19.8. The number of carbonyl (C=O) groups is 2. The van der Waals surface area contributed by atoms with E-state index in [9.17, 15) is 9.59 Å². The maximum absolute atomic E-state index is 13.8. The summed E-state index contributed by atoms with van der Waals surface area (Å²) >= 11 is 0. The summed E-state index contributed by atoms with van der Waals surface area (Å²) in [6, 6.07) is -0.284. The van der Waals surface area contributed by atoms with E-state index < -0.39 is 0 Å². The van der Waals surface area contributed by atoms with Gasteiger partial charge in [0.25, 0.3) is 0 Å². The van der Waals surface area contributed by atoms with Crippen molar-refractivity contribution in [1.29, 1.82) is 0 Å². The quantitative estimate of drug-likeness (QED) is 0.788. The van der Waals surface area contributed by atoms with E-state index in [1.54, 1.807) is 0 Å². The average Bonchev–Trinajstić information content (AvgIpc) is 2.71. The van der Waals surface area contributed by atoms with Crippen molar-refractivity contribution in [3.05, 3.63) is 0 Å². The molecule has 1 saturated heterocycles. The van der Waals surface area contributed by atoms with Crippen LogP contribution < -0.4 is 5.32 Å². The van der Waals surface area contributed by atoms with Crippen LogP contribution >= 0.6 is 0 Å². The summed E-state index contributed by atoms with van der Waals surface area (Å²) in [6.45, 7) is 3.49. The molecule has 5 heteroatoms. The summed E-state index contributed by atoms with van der Waals surface area (Å²) < 4.78 is 0. The highest BCUT2D eigenvalue weighted by molar-refractivity contribution is 5.89. The number of amides is 2. The molecule has 0 aromatic rings. The number of piperazine rings is 1. The smallest absolute Gasteiger partial charge is 0.245 e. The molecule has 1 N–H and O–H groups in total. The van der Waals surface area contributed by atoms with E-state index in [1.165, 1.54) is 25.7 Å². The maximum atomic E-state index is 13.8.